The predicted molar refractivity (Wildman–Crippen MR) is 42.8 cm³/mol. The van der Waals surface area contributed by atoms with E-state index in [1.807, 2.05) is 12.1 Å². The lowest BCUT2D eigenvalue weighted by Crippen LogP contribution is -2.09. The lowest BCUT2D eigenvalue weighted by atomic mass is 10.1. The Hall–Kier alpha value is -0.720. The minimum Gasteiger partial charge on any atom is -0.343 e. The molecule has 55 valence electrons. The maximum Gasteiger partial charge on any atom is 0.0650 e. The Morgan fingerprint density at radius 1 is 1.30 bits per heavy atom. The zero-order valence-corrected chi connectivity index (χ0v) is 6.83. The van der Waals surface area contributed by atoms with E-state index in [1.165, 1.54) is 0 Å². The van der Waals surface area contributed by atoms with Crippen molar-refractivity contribution in [2.75, 3.05) is 0 Å². The molecule has 0 spiro atoms. The fourth-order valence-corrected chi connectivity index (χ4v) is 0.882. The summed E-state index contributed by atoms with van der Waals surface area (Å²) in [4.78, 5) is 0. The van der Waals surface area contributed by atoms with Crippen LogP contribution in [0.1, 0.15) is 26.8 Å². The average Bonchev–Trinajstić information content (AvgIpc) is 2.36. The van der Waals surface area contributed by atoms with Gasteiger partial charge in [0.1, 0.15) is 0 Å². The Morgan fingerprint density at radius 3 is 2.40 bits per heavy atom. The first kappa shape index (κ1) is 7.39. The van der Waals surface area contributed by atoms with Crippen LogP contribution in [-0.2, 0) is 0 Å². The molecule has 0 saturated heterocycles. The molecule has 0 aliphatic heterocycles. The Bertz CT molecular complexity index is 175. The van der Waals surface area contributed by atoms with Crippen LogP contribution in [0.25, 0.3) is 0 Å². The molecule has 0 aromatic carbocycles. The number of rotatable bonds is 2. The molecule has 1 nitrogen and oxygen atoms in total. The second kappa shape index (κ2) is 2.91. The van der Waals surface area contributed by atoms with E-state index >= 15 is 0 Å². The summed E-state index contributed by atoms with van der Waals surface area (Å²) in [6.07, 6.45) is 5.20. The van der Waals surface area contributed by atoms with Gasteiger partial charge in [-0.3, -0.25) is 0 Å². The van der Waals surface area contributed by atoms with Crippen LogP contribution in [0, 0.1) is 12.1 Å². The van der Waals surface area contributed by atoms with Crippen LogP contribution < -0.4 is 0 Å². The van der Waals surface area contributed by atoms with Crippen LogP contribution in [0.2, 0.25) is 0 Å². The van der Waals surface area contributed by atoms with Gasteiger partial charge in [-0.25, -0.2) is 0 Å². The Labute approximate surface area is 62.7 Å². The molecule has 0 N–H and O–H groups in total. The summed E-state index contributed by atoms with van der Waals surface area (Å²) in [5.41, 5.74) is 0. The topological polar surface area (TPSA) is 4.93 Å². The molecule has 1 heterocycles. The molecule has 1 aromatic rings. The summed E-state index contributed by atoms with van der Waals surface area (Å²) in [7, 11) is 0. The first-order chi connectivity index (χ1) is 4.72. The highest BCUT2D eigenvalue weighted by atomic mass is 15.0. The number of aromatic nitrogens is 1. The van der Waals surface area contributed by atoms with Crippen LogP contribution in [0.5, 0.6) is 0 Å². The highest BCUT2D eigenvalue weighted by Crippen LogP contribution is 2.15. The lowest BCUT2D eigenvalue weighted by molar-refractivity contribution is 0.407. The van der Waals surface area contributed by atoms with Gasteiger partial charge in [0.15, 0.2) is 0 Å². The smallest absolute Gasteiger partial charge is 0.0650 e. The molecule has 0 aliphatic rings. The van der Waals surface area contributed by atoms with Crippen molar-refractivity contribution < 1.29 is 0 Å². The standard InChI is InChI=1S/C9H14N/c1-8(2)9(3)10-6-4-5-7-10/h4-6,8-9H,1-3H3. The molecular formula is C9H14N. The van der Waals surface area contributed by atoms with Crippen molar-refractivity contribution >= 4 is 0 Å². The van der Waals surface area contributed by atoms with Crippen molar-refractivity contribution in [3.05, 3.63) is 24.5 Å². The third-order valence-corrected chi connectivity index (χ3v) is 1.97. The zero-order valence-electron chi connectivity index (χ0n) is 6.83. The van der Waals surface area contributed by atoms with Crippen molar-refractivity contribution in [2.45, 2.75) is 26.8 Å². The van der Waals surface area contributed by atoms with Crippen LogP contribution in [0.4, 0.5) is 0 Å². The van der Waals surface area contributed by atoms with Crippen molar-refractivity contribution in [3.63, 3.8) is 0 Å². The van der Waals surface area contributed by atoms with Crippen LogP contribution in [0.15, 0.2) is 18.3 Å². The highest BCUT2D eigenvalue weighted by molar-refractivity contribution is 4.91. The predicted octanol–water partition coefficient (Wildman–Crippen LogP) is 2.51. The highest BCUT2D eigenvalue weighted by Gasteiger charge is 2.06. The zero-order chi connectivity index (χ0) is 7.56. The molecule has 1 unspecified atom stereocenters. The summed E-state index contributed by atoms with van der Waals surface area (Å²) < 4.78 is 2.12. The molecule has 1 heteroatoms. The first-order valence-corrected chi connectivity index (χ1v) is 3.76. The minimum absolute atomic E-state index is 0.565. The maximum atomic E-state index is 3.13. The first-order valence-electron chi connectivity index (χ1n) is 3.76. The average molecular weight is 136 g/mol. The largest absolute Gasteiger partial charge is 0.343 e. The molecule has 0 aliphatic carbocycles. The molecule has 1 radical (unpaired) electrons. The third-order valence-electron chi connectivity index (χ3n) is 1.97. The summed E-state index contributed by atoms with van der Waals surface area (Å²) in [5.74, 6) is 0.684. The molecule has 1 atom stereocenters. The SMILES string of the molecule is CC(C)C(C)n1[c]ccc1. The summed E-state index contributed by atoms with van der Waals surface area (Å²) in [6.45, 7) is 6.65. The Balaban J connectivity index is 2.68. The van der Waals surface area contributed by atoms with E-state index in [9.17, 15) is 0 Å². The van der Waals surface area contributed by atoms with E-state index in [1.54, 1.807) is 0 Å². The third kappa shape index (κ3) is 1.41. The maximum absolute atomic E-state index is 3.13. The van der Waals surface area contributed by atoms with Gasteiger partial charge in [0.05, 0.1) is 6.20 Å². The lowest BCUT2D eigenvalue weighted by Gasteiger charge is -2.16. The normalized spacial score (nSPS) is 14.0. The molecular weight excluding hydrogens is 122 g/mol. The monoisotopic (exact) mass is 136 g/mol. The summed E-state index contributed by atoms with van der Waals surface area (Å²) in [6, 6.07) is 4.52. The minimum atomic E-state index is 0.565. The van der Waals surface area contributed by atoms with E-state index in [0.717, 1.165) is 0 Å². The van der Waals surface area contributed by atoms with E-state index < -0.39 is 0 Å². The number of nitrogens with zero attached hydrogens (tertiary/aromatic N) is 1. The van der Waals surface area contributed by atoms with Crippen LogP contribution >= 0.6 is 0 Å². The molecule has 10 heavy (non-hydrogen) atoms. The molecule has 0 saturated carbocycles. The van der Waals surface area contributed by atoms with Gasteiger partial charge >= 0.3 is 0 Å². The van der Waals surface area contributed by atoms with Gasteiger partial charge in [-0.1, -0.05) is 13.8 Å². The fourth-order valence-electron chi connectivity index (χ4n) is 0.882. The van der Waals surface area contributed by atoms with Crippen molar-refractivity contribution in [2.24, 2.45) is 5.92 Å². The van der Waals surface area contributed by atoms with Crippen molar-refractivity contribution in [3.8, 4) is 0 Å². The quantitative estimate of drug-likeness (QED) is 0.588. The van der Waals surface area contributed by atoms with Gasteiger partial charge in [-0.2, -0.15) is 0 Å². The summed E-state index contributed by atoms with van der Waals surface area (Å²) in [5, 5.41) is 0. The van der Waals surface area contributed by atoms with E-state index in [4.69, 9.17) is 0 Å². The molecule has 0 amide bonds. The van der Waals surface area contributed by atoms with Gasteiger partial charge in [-0.05, 0) is 25.0 Å². The molecule has 1 rings (SSSR count). The number of hydrogen-bond acceptors (Lipinski definition) is 0. The second-order valence-corrected chi connectivity index (χ2v) is 3.03. The van der Waals surface area contributed by atoms with Crippen LogP contribution in [0.3, 0.4) is 0 Å². The van der Waals surface area contributed by atoms with E-state index in [-0.39, 0.29) is 0 Å². The fraction of sp³-hybridized carbons (Fsp3) is 0.556. The molecule has 0 bridgehead atoms. The Kier molecular flexibility index (Phi) is 2.15. The van der Waals surface area contributed by atoms with Gasteiger partial charge < -0.3 is 4.57 Å². The molecule has 0 fully saturated rings. The van der Waals surface area contributed by atoms with Crippen LogP contribution in [-0.4, -0.2) is 4.57 Å². The van der Waals surface area contributed by atoms with Crippen molar-refractivity contribution in [1.29, 1.82) is 0 Å². The van der Waals surface area contributed by atoms with Gasteiger partial charge in [0.25, 0.3) is 0 Å². The molecule has 1 aromatic heterocycles. The van der Waals surface area contributed by atoms with Gasteiger partial charge in [0, 0.05) is 12.2 Å². The Morgan fingerprint density at radius 2 is 2.00 bits per heavy atom. The second-order valence-electron chi connectivity index (χ2n) is 3.03. The van der Waals surface area contributed by atoms with E-state index in [2.05, 4.69) is 37.7 Å². The van der Waals surface area contributed by atoms with Gasteiger partial charge in [-0.15, -0.1) is 0 Å². The number of hydrogen-bond donors (Lipinski definition) is 0. The van der Waals surface area contributed by atoms with Gasteiger partial charge in [0.2, 0.25) is 0 Å². The summed E-state index contributed by atoms with van der Waals surface area (Å²) >= 11 is 0. The van der Waals surface area contributed by atoms with E-state index in [0.29, 0.717) is 12.0 Å². The van der Waals surface area contributed by atoms with Crippen molar-refractivity contribution in [1.82, 2.24) is 4.57 Å².